The fraction of sp³-hybridized carbons (Fsp3) is 0.300. The van der Waals surface area contributed by atoms with Crippen molar-refractivity contribution in [2.75, 3.05) is 6.54 Å². The Morgan fingerprint density at radius 3 is 2.50 bits per heavy atom. The van der Waals surface area contributed by atoms with Gasteiger partial charge in [0.05, 0.1) is 4.92 Å². The number of benzene rings is 1. The number of non-ortho nitro benzene ring substituents is 1. The van der Waals surface area contributed by atoms with E-state index in [9.17, 15) is 14.9 Å². The molecule has 2 fully saturated rings. The second-order valence-corrected chi connectivity index (χ2v) is 3.87. The summed E-state index contributed by atoms with van der Waals surface area (Å²) in [6.07, 6.45) is 0.575. The van der Waals surface area contributed by atoms with Crippen molar-refractivity contribution in [3.63, 3.8) is 0 Å². The van der Waals surface area contributed by atoms with Gasteiger partial charge in [-0.15, -0.1) is 0 Å². The molecule has 1 aromatic rings. The third-order valence-corrected chi connectivity index (χ3v) is 2.95. The topological polar surface area (TPSA) is 66.2 Å². The number of nitro groups is 1. The number of nitrogens with zero attached hydrogens (tertiary/aromatic N) is 3. The maximum Gasteiger partial charge on any atom is 0.269 e. The van der Waals surface area contributed by atoms with Crippen LogP contribution in [0.5, 0.6) is 0 Å². The highest BCUT2D eigenvalue weighted by Crippen LogP contribution is 2.45. The first-order valence-corrected chi connectivity index (χ1v) is 5.01. The van der Waals surface area contributed by atoms with Gasteiger partial charge in [-0.25, -0.2) is 5.01 Å². The lowest BCUT2D eigenvalue weighted by molar-refractivity contribution is -0.384. The van der Waals surface area contributed by atoms with Crippen LogP contribution in [0, 0.1) is 10.1 Å². The minimum atomic E-state index is -0.427. The van der Waals surface area contributed by atoms with E-state index < -0.39 is 4.92 Å². The smallest absolute Gasteiger partial charge is 0.269 e. The first-order valence-electron chi connectivity index (χ1n) is 5.01. The average molecular weight is 219 g/mol. The number of nitro benzene ring substituents is 1. The Morgan fingerprint density at radius 2 is 2.00 bits per heavy atom. The van der Waals surface area contributed by atoms with Crippen molar-refractivity contribution in [2.45, 2.75) is 12.6 Å². The zero-order valence-corrected chi connectivity index (χ0v) is 8.37. The quantitative estimate of drug-likeness (QED) is 0.423. The van der Waals surface area contributed by atoms with Crippen LogP contribution in [0.25, 0.3) is 0 Å². The summed E-state index contributed by atoms with van der Waals surface area (Å²) in [5, 5.41) is 14.1. The number of carbonyl (C=O) groups is 1. The molecule has 2 saturated heterocycles. The van der Waals surface area contributed by atoms with Crippen LogP contribution in [0.4, 0.5) is 5.69 Å². The van der Waals surface area contributed by atoms with E-state index in [1.54, 1.807) is 17.1 Å². The summed E-state index contributed by atoms with van der Waals surface area (Å²) in [7, 11) is 0. The van der Waals surface area contributed by atoms with Crippen LogP contribution in [0.15, 0.2) is 24.3 Å². The highest BCUT2D eigenvalue weighted by atomic mass is 16.6. The summed E-state index contributed by atoms with van der Waals surface area (Å²) < 4.78 is 0. The van der Waals surface area contributed by atoms with E-state index in [4.69, 9.17) is 0 Å². The first kappa shape index (κ1) is 9.29. The molecule has 2 heterocycles. The molecule has 3 rings (SSSR count). The molecule has 82 valence electrons. The lowest BCUT2D eigenvalue weighted by Crippen LogP contribution is -2.07. The van der Waals surface area contributed by atoms with Gasteiger partial charge in [0.2, 0.25) is 5.91 Å². The molecular weight excluding hydrogens is 210 g/mol. The molecule has 6 nitrogen and oxygen atoms in total. The van der Waals surface area contributed by atoms with E-state index in [1.807, 2.05) is 5.01 Å². The Balaban J connectivity index is 1.82. The Bertz CT molecular complexity index is 471. The van der Waals surface area contributed by atoms with Gasteiger partial charge < -0.3 is 0 Å². The maximum absolute atomic E-state index is 11.4. The maximum atomic E-state index is 11.4. The van der Waals surface area contributed by atoms with Gasteiger partial charge in [0.15, 0.2) is 0 Å². The van der Waals surface area contributed by atoms with Crippen LogP contribution in [0.1, 0.15) is 18.2 Å². The minimum absolute atomic E-state index is 0.00190. The van der Waals surface area contributed by atoms with Gasteiger partial charge in [-0.05, 0) is 17.7 Å². The van der Waals surface area contributed by atoms with E-state index in [-0.39, 0.29) is 17.8 Å². The van der Waals surface area contributed by atoms with E-state index >= 15 is 0 Å². The molecule has 0 N–H and O–H groups in total. The zero-order chi connectivity index (χ0) is 11.3. The standard InChI is InChI=1S/C10H9N3O3/c14-9-5-6-11-10(12(9)11)7-1-3-8(4-2-7)13(15)16/h1-4,10H,5-6H2. The van der Waals surface area contributed by atoms with E-state index in [0.29, 0.717) is 6.42 Å². The molecule has 0 saturated carbocycles. The van der Waals surface area contributed by atoms with Gasteiger partial charge in [0, 0.05) is 25.1 Å². The summed E-state index contributed by atoms with van der Waals surface area (Å²) in [6, 6.07) is 6.34. The van der Waals surface area contributed by atoms with Gasteiger partial charge in [-0.3, -0.25) is 14.9 Å². The lowest BCUT2D eigenvalue weighted by Gasteiger charge is -2.00. The van der Waals surface area contributed by atoms with Crippen molar-refractivity contribution >= 4 is 11.6 Å². The lowest BCUT2D eigenvalue weighted by atomic mass is 10.1. The predicted octanol–water partition coefficient (Wildman–Crippen LogP) is 1.06. The third-order valence-electron chi connectivity index (χ3n) is 2.95. The molecule has 0 spiro atoms. The van der Waals surface area contributed by atoms with Crippen molar-refractivity contribution in [3.8, 4) is 0 Å². The second-order valence-electron chi connectivity index (χ2n) is 3.87. The van der Waals surface area contributed by atoms with E-state index in [0.717, 1.165) is 12.1 Å². The van der Waals surface area contributed by atoms with E-state index in [2.05, 4.69) is 0 Å². The molecule has 2 aliphatic heterocycles. The Labute approximate surface area is 91.2 Å². The van der Waals surface area contributed by atoms with Crippen LogP contribution in [-0.4, -0.2) is 27.4 Å². The third kappa shape index (κ3) is 1.20. The summed E-state index contributed by atoms with van der Waals surface area (Å²) in [6.45, 7) is 0.750. The summed E-state index contributed by atoms with van der Waals surface area (Å²) >= 11 is 0. The molecule has 0 bridgehead atoms. The predicted molar refractivity (Wildman–Crippen MR) is 54.0 cm³/mol. The number of hydrogen-bond donors (Lipinski definition) is 0. The fourth-order valence-corrected chi connectivity index (χ4v) is 2.12. The number of amides is 1. The van der Waals surface area contributed by atoms with Crippen LogP contribution in [-0.2, 0) is 4.79 Å². The van der Waals surface area contributed by atoms with Crippen LogP contribution < -0.4 is 0 Å². The van der Waals surface area contributed by atoms with Crippen LogP contribution >= 0.6 is 0 Å². The normalized spacial score (nSPS) is 26.8. The summed E-state index contributed by atoms with van der Waals surface area (Å²) in [5.41, 5.74) is 1.00. The van der Waals surface area contributed by atoms with Gasteiger partial charge in [-0.1, -0.05) is 0 Å². The summed E-state index contributed by atoms with van der Waals surface area (Å²) in [5.74, 6) is 0.128. The molecular formula is C10H9N3O3. The van der Waals surface area contributed by atoms with Gasteiger partial charge in [0.25, 0.3) is 5.69 Å². The van der Waals surface area contributed by atoms with Crippen molar-refractivity contribution in [1.82, 2.24) is 10.0 Å². The number of fused-ring (bicyclic) bond motifs is 1. The number of rotatable bonds is 2. The number of carbonyl (C=O) groups excluding carboxylic acids is 1. The van der Waals surface area contributed by atoms with E-state index in [1.165, 1.54) is 12.1 Å². The zero-order valence-electron chi connectivity index (χ0n) is 8.37. The number of hydrogen-bond acceptors (Lipinski definition) is 4. The first-order chi connectivity index (χ1) is 7.68. The van der Waals surface area contributed by atoms with Gasteiger partial charge >= 0.3 is 0 Å². The molecule has 0 aliphatic carbocycles. The molecule has 2 atom stereocenters. The van der Waals surface area contributed by atoms with Gasteiger partial charge in [-0.2, -0.15) is 5.01 Å². The summed E-state index contributed by atoms with van der Waals surface area (Å²) in [4.78, 5) is 21.4. The Morgan fingerprint density at radius 1 is 1.31 bits per heavy atom. The Hall–Kier alpha value is -1.95. The highest BCUT2D eigenvalue weighted by Gasteiger charge is 2.53. The van der Waals surface area contributed by atoms with Crippen molar-refractivity contribution < 1.29 is 9.72 Å². The van der Waals surface area contributed by atoms with Crippen molar-refractivity contribution in [1.29, 1.82) is 0 Å². The highest BCUT2D eigenvalue weighted by molar-refractivity contribution is 5.80. The molecule has 2 unspecified atom stereocenters. The molecule has 0 aromatic heterocycles. The fourth-order valence-electron chi connectivity index (χ4n) is 2.12. The molecule has 2 aliphatic rings. The van der Waals surface area contributed by atoms with Crippen molar-refractivity contribution in [3.05, 3.63) is 39.9 Å². The molecule has 0 radical (unpaired) electrons. The molecule has 1 amide bonds. The monoisotopic (exact) mass is 219 g/mol. The number of hydrazine groups is 1. The Kier molecular flexibility index (Phi) is 1.75. The van der Waals surface area contributed by atoms with Crippen molar-refractivity contribution in [2.24, 2.45) is 0 Å². The van der Waals surface area contributed by atoms with Gasteiger partial charge in [0.1, 0.15) is 6.17 Å². The molecule has 1 aromatic carbocycles. The molecule has 6 heteroatoms. The van der Waals surface area contributed by atoms with Crippen LogP contribution in [0.2, 0.25) is 0 Å². The van der Waals surface area contributed by atoms with Crippen LogP contribution in [0.3, 0.4) is 0 Å². The average Bonchev–Trinajstić information content (AvgIpc) is 2.89. The second kappa shape index (κ2) is 3.02. The molecule has 16 heavy (non-hydrogen) atoms. The largest absolute Gasteiger partial charge is 0.273 e. The minimum Gasteiger partial charge on any atom is -0.273 e. The SMILES string of the molecule is O=C1CCN2C(c3ccc([N+](=O)[O-])cc3)N12.